The summed E-state index contributed by atoms with van der Waals surface area (Å²) in [5, 5.41) is 0.660. The first kappa shape index (κ1) is 21.1. The Kier molecular flexibility index (Phi) is 6.69. The van der Waals surface area contributed by atoms with Crippen LogP contribution < -0.4 is 0 Å². The molecule has 120 valence electrons. The van der Waals surface area contributed by atoms with E-state index in [1.807, 2.05) is 0 Å². The Morgan fingerprint density at radius 2 is 1.10 bits per heavy atom. The molecule has 0 fully saturated rings. The Morgan fingerprint density at radius 3 is 1.25 bits per heavy atom. The molecule has 1 unspecified atom stereocenters. The SMILES string of the molecule is CC(C)(C)C(C)(BCl)C[PH](BCl)(C(C)(C)C)C(C)(C)C. The molecule has 0 N–H and O–H groups in total. The number of rotatable bonds is 4. The molecule has 0 aliphatic rings. The molecular formula is C15H35B2Cl2P. The summed E-state index contributed by atoms with van der Waals surface area (Å²) in [5.41, 5.74) is 0.190. The topological polar surface area (TPSA) is 0 Å². The fourth-order valence-electron chi connectivity index (χ4n) is 3.28. The van der Waals surface area contributed by atoms with Gasteiger partial charge in [-0.3, -0.25) is 0 Å². The van der Waals surface area contributed by atoms with Crippen LogP contribution in [0.1, 0.15) is 69.2 Å². The summed E-state index contributed by atoms with van der Waals surface area (Å²) in [7, 11) is -1.76. The standard InChI is InChI=1S/C15H35B2Cl2P/c1-12(2,3)15(10,16-18)11-20(17-19,13(4,5)6)14(7,8)9/h16-17,20H,11H2,1-10H3. The number of hydrogen-bond acceptors (Lipinski definition) is 0. The van der Waals surface area contributed by atoms with Gasteiger partial charge in [-0.1, -0.05) is 0 Å². The van der Waals surface area contributed by atoms with E-state index in [-0.39, 0.29) is 21.0 Å². The fraction of sp³-hybridized carbons (Fsp3) is 1.00. The first-order valence-corrected chi connectivity index (χ1v) is 11.2. The van der Waals surface area contributed by atoms with Crippen LogP contribution in [0.15, 0.2) is 0 Å². The Labute approximate surface area is 139 Å². The van der Waals surface area contributed by atoms with Crippen LogP contribution in [0.5, 0.6) is 0 Å². The summed E-state index contributed by atoms with van der Waals surface area (Å²) in [6, 6.07) is 0. The molecule has 5 heteroatoms. The van der Waals surface area contributed by atoms with Crippen molar-refractivity contribution in [1.82, 2.24) is 0 Å². The van der Waals surface area contributed by atoms with Crippen LogP contribution in [0.3, 0.4) is 0 Å². The van der Waals surface area contributed by atoms with E-state index >= 15 is 0 Å². The maximum absolute atomic E-state index is 6.63. The normalized spacial score (nSPS) is 18.4. The van der Waals surface area contributed by atoms with Crippen LogP contribution in [-0.4, -0.2) is 29.6 Å². The van der Waals surface area contributed by atoms with E-state index in [1.165, 1.54) is 6.16 Å². The summed E-state index contributed by atoms with van der Waals surface area (Å²) in [6.07, 6.45) is 1.99. The molecule has 1 atom stereocenters. The summed E-state index contributed by atoms with van der Waals surface area (Å²) < 4.78 is 0. The Balaban J connectivity index is 5.96. The van der Waals surface area contributed by atoms with E-state index < -0.39 is 7.14 Å². The Morgan fingerprint density at radius 1 is 0.750 bits per heavy atom. The monoisotopic (exact) mass is 338 g/mol. The second-order valence-corrected chi connectivity index (χ2v) is 16.7. The zero-order chi connectivity index (χ0) is 16.6. The van der Waals surface area contributed by atoms with Gasteiger partial charge in [0.1, 0.15) is 0 Å². The number of halogens is 2. The van der Waals surface area contributed by atoms with Crippen molar-refractivity contribution in [3.05, 3.63) is 0 Å². The Bertz CT molecular complexity index is 312. The van der Waals surface area contributed by atoms with Gasteiger partial charge in [0.25, 0.3) is 0 Å². The van der Waals surface area contributed by atoms with Crippen molar-refractivity contribution in [3.63, 3.8) is 0 Å². The third-order valence-electron chi connectivity index (χ3n) is 5.90. The van der Waals surface area contributed by atoms with Crippen molar-refractivity contribution in [2.24, 2.45) is 5.41 Å². The molecular weight excluding hydrogens is 304 g/mol. The molecule has 0 rings (SSSR count). The molecule has 0 saturated carbocycles. The van der Waals surface area contributed by atoms with Gasteiger partial charge in [0.2, 0.25) is 0 Å². The van der Waals surface area contributed by atoms with Gasteiger partial charge in [0.15, 0.2) is 0 Å². The third kappa shape index (κ3) is 3.91. The van der Waals surface area contributed by atoms with Gasteiger partial charge in [0, 0.05) is 0 Å². The molecule has 0 bridgehead atoms. The molecule has 0 amide bonds. The van der Waals surface area contributed by atoms with Gasteiger partial charge in [0.05, 0.1) is 0 Å². The number of hydrogen-bond donors (Lipinski definition) is 0. The fourth-order valence-corrected chi connectivity index (χ4v) is 12.8. The van der Waals surface area contributed by atoms with Crippen LogP contribution in [0.25, 0.3) is 0 Å². The van der Waals surface area contributed by atoms with E-state index in [2.05, 4.69) is 69.2 Å². The molecule has 0 saturated heterocycles. The molecule has 0 aromatic carbocycles. The van der Waals surface area contributed by atoms with Crippen molar-refractivity contribution in [2.45, 2.75) is 84.9 Å². The molecule has 0 aromatic rings. The minimum atomic E-state index is -1.76. The third-order valence-corrected chi connectivity index (χ3v) is 15.4. The zero-order valence-corrected chi connectivity index (χ0v) is 17.9. The second kappa shape index (κ2) is 6.33. The van der Waals surface area contributed by atoms with Gasteiger partial charge in [-0.25, -0.2) is 0 Å². The molecule has 0 heterocycles. The first-order valence-electron chi connectivity index (χ1n) is 7.70. The predicted octanol–water partition coefficient (Wildman–Crippen LogP) is 5.65. The molecule has 0 aliphatic carbocycles. The van der Waals surface area contributed by atoms with E-state index in [0.717, 1.165) is 6.41 Å². The van der Waals surface area contributed by atoms with E-state index in [9.17, 15) is 0 Å². The van der Waals surface area contributed by atoms with Crippen molar-refractivity contribution >= 4 is 43.2 Å². The van der Waals surface area contributed by atoms with Gasteiger partial charge >= 0.3 is 140 Å². The van der Waals surface area contributed by atoms with Crippen molar-refractivity contribution in [2.75, 3.05) is 6.16 Å². The van der Waals surface area contributed by atoms with Crippen molar-refractivity contribution < 1.29 is 0 Å². The first-order chi connectivity index (χ1) is 8.58. The quantitative estimate of drug-likeness (QED) is 0.458. The summed E-state index contributed by atoms with van der Waals surface area (Å²) in [5.74, 6) is 0. The van der Waals surface area contributed by atoms with Crippen LogP contribution in [0.2, 0.25) is 5.31 Å². The van der Waals surface area contributed by atoms with E-state index in [4.69, 9.17) is 22.9 Å². The molecule has 0 aliphatic heterocycles. The zero-order valence-electron chi connectivity index (χ0n) is 15.4. The molecule has 20 heavy (non-hydrogen) atoms. The van der Waals surface area contributed by atoms with E-state index in [1.54, 1.807) is 0 Å². The maximum atomic E-state index is 6.63. The van der Waals surface area contributed by atoms with Crippen LogP contribution >= 0.6 is 30.1 Å². The summed E-state index contributed by atoms with van der Waals surface area (Å²) >= 11 is 13.1. The van der Waals surface area contributed by atoms with Crippen LogP contribution in [0, 0.1) is 5.41 Å². The summed E-state index contributed by atoms with van der Waals surface area (Å²) in [6.45, 7) is 24.3. The van der Waals surface area contributed by atoms with E-state index in [0.29, 0.717) is 6.69 Å². The second-order valence-electron chi connectivity index (χ2n) is 9.84. The average molecular weight is 339 g/mol. The summed E-state index contributed by atoms with van der Waals surface area (Å²) in [4.78, 5) is 0. The van der Waals surface area contributed by atoms with Gasteiger partial charge in [-0.05, 0) is 0 Å². The van der Waals surface area contributed by atoms with Gasteiger partial charge in [-0.15, -0.1) is 0 Å². The molecule has 0 spiro atoms. The van der Waals surface area contributed by atoms with Crippen molar-refractivity contribution in [1.29, 1.82) is 0 Å². The average Bonchev–Trinajstić information content (AvgIpc) is 2.20. The van der Waals surface area contributed by atoms with Gasteiger partial charge in [-0.2, -0.15) is 0 Å². The molecule has 0 radical (unpaired) electrons. The molecule has 0 nitrogen and oxygen atoms in total. The van der Waals surface area contributed by atoms with Crippen LogP contribution in [0.4, 0.5) is 0 Å². The Hall–Kier alpha value is 1.14. The van der Waals surface area contributed by atoms with Gasteiger partial charge < -0.3 is 0 Å². The predicted molar refractivity (Wildman–Crippen MR) is 107 cm³/mol. The minimum absolute atomic E-state index is 0.121. The van der Waals surface area contributed by atoms with Crippen LogP contribution in [-0.2, 0) is 0 Å². The molecule has 0 aromatic heterocycles. The van der Waals surface area contributed by atoms with Crippen molar-refractivity contribution in [3.8, 4) is 0 Å².